The Balaban J connectivity index is 1.42. The van der Waals surface area contributed by atoms with Crippen LogP contribution in [0, 0.1) is 0 Å². The number of hydrogen-bond donors (Lipinski definition) is 1. The number of rotatable bonds is 4. The minimum absolute atomic E-state index is 0.0243. The monoisotopic (exact) mass is 368 g/mol. The number of aromatic nitrogens is 2. The van der Waals surface area contributed by atoms with Crippen molar-refractivity contribution >= 4 is 22.9 Å². The maximum atomic E-state index is 12.8. The molecule has 1 amide bonds. The first kappa shape index (κ1) is 16.7. The zero-order valence-corrected chi connectivity index (χ0v) is 15.3. The van der Waals surface area contributed by atoms with Gasteiger partial charge in [0.25, 0.3) is 5.91 Å². The molecule has 0 unspecified atom stereocenters. The van der Waals surface area contributed by atoms with Gasteiger partial charge in [0, 0.05) is 26.2 Å². The largest absolute Gasteiger partial charge is 0.495 e. The lowest BCUT2D eigenvalue weighted by molar-refractivity contribution is 0.0740. The van der Waals surface area contributed by atoms with Crippen molar-refractivity contribution in [3.8, 4) is 16.3 Å². The highest BCUT2D eigenvalue weighted by Gasteiger charge is 2.25. The fourth-order valence-electron chi connectivity index (χ4n) is 3.19. The van der Waals surface area contributed by atoms with Crippen molar-refractivity contribution in [2.45, 2.75) is 0 Å². The number of carbonyl (C=O) groups is 1. The number of ether oxygens (including phenoxy) is 1. The van der Waals surface area contributed by atoms with Crippen molar-refractivity contribution in [2.75, 3.05) is 38.2 Å². The van der Waals surface area contributed by atoms with Crippen LogP contribution in [0.4, 0.5) is 5.69 Å². The van der Waals surface area contributed by atoms with Crippen LogP contribution in [0.15, 0.2) is 47.8 Å². The highest BCUT2D eigenvalue weighted by atomic mass is 32.1. The molecule has 1 saturated heterocycles. The van der Waals surface area contributed by atoms with Crippen LogP contribution in [-0.4, -0.2) is 54.3 Å². The number of anilines is 1. The van der Waals surface area contributed by atoms with Gasteiger partial charge in [-0.15, -0.1) is 11.3 Å². The van der Waals surface area contributed by atoms with Gasteiger partial charge in [0.05, 0.1) is 23.4 Å². The molecule has 0 radical (unpaired) electrons. The van der Waals surface area contributed by atoms with E-state index in [1.54, 1.807) is 18.4 Å². The molecular formula is C19H20N4O2S. The van der Waals surface area contributed by atoms with Crippen LogP contribution in [0.1, 0.15) is 10.5 Å². The number of hydrogen-bond acceptors (Lipinski definition) is 5. The summed E-state index contributed by atoms with van der Waals surface area (Å²) in [7, 11) is 1.68. The van der Waals surface area contributed by atoms with Gasteiger partial charge < -0.3 is 14.5 Å². The molecule has 3 aromatic rings. The van der Waals surface area contributed by atoms with E-state index in [0.29, 0.717) is 18.8 Å². The first-order chi connectivity index (χ1) is 12.8. The van der Waals surface area contributed by atoms with Crippen molar-refractivity contribution in [3.05, 3.63) is 53.5 Å². The van der Waals surface area contributed by atoms with Crippen LogP contribution in [-0.2, 0) is 0 Å². The molecule has 1 N–H and O–H groups in total. The number of para-hydroxylation sites is 2. The molecule has 26 heavy (non-hydrogen) atoms. The second-order valence-corrected chi connectivity index (χ2v) is 7.04. The number of aromatic amines is 1. The Labute approximate surface area is 156 Å². The Morgan fingerprint density at radius 3 is 2.69 bits per heavy atom. The normalized spacial score (nSPS) is 14.5. The first-order valence-corrected chi connectivity index (χ1v) is 9.41. The molecule has 0 bridgehead atoms. The quantitative estimate of drug-likeness (QED) is 0.769. The summed E-state index contributed by atoms with van der Waals surface area (Å²) in [5.74, 6) is 0.837. The fourth-order valence-corrected chi connectivity index (χ4v) is 3.89. The summed E-state index contributed by atoms with van der Waals surface area (Å²) in [6, 6.07) is 13.8. The molecule has 0 atom stereocenters. The minimum Gasteiger partial charge on any atom is -0.495 e. The zero-order chi connectivity index (χ0) is 17.9. The molecule has 6 nitrogen and oxygen atoms in total. The number of thiophene rings is 1. The minimum atomic E-state index is -0.0243. The predicted molar refractivity (Wildman–Crippen MR) is 103 cm³/mol. The summed E-state index contributed by atoms with van der Waals surface area (Å²) in [6.07, 6.45) is 0. The molecule has 1 aliphatic heterocycles. The molecule has 0 spiro atoms. The number of benzene rings is 1. The van der Waals surface area contributed by atoms with Gasteiger partial charge in [-0.1, -0.05) is 18.2 Å². The fraction of sp³-hybridized carbons (Fsp3) is 0.263. The third-order valence-corrected chi connectivity index (χ3v) is 5.48. The van der Waals surface area contributed by atoms with Gasteiger partial charge in [-0.05, 0) is 29.6 Å². The summed E-state index contributed by atoms with van der Waals surface area (Å²) >= 11 is 1.62. The summed E-state index contributed by atoms with van der Waals surface area (Å²) in [5, 5.41) is 9.18. The van der Waals surface area contributed by atoms with Crippen LogP contribution in [0.3, 0.4) is 0 Å². The van der Waals surface area contributed by atoms with Gasteiger partial charge in [-0.25, -0.2) is 0 Å². The molecular weight excluding hydrogens is 348 g/mol. The van der Waals surface area contributed by atoms with Crippen molar-refractivity contribution < 1.29 is 9.53 Å². The van der Waals surface area contributed by atoms with Crippen LogP contribution in [0.2, 0.25) is 0 Å². The topological polar surface area (TPSA) is 61.5 Å². The van der Waals surface area contributed by atoms with Crippen molar-refractivity contribution in [1.29, 1.82) is 0 Å². The number of amides is 1. The Kier molecular flexibility index (Phi) is 4.62. The number of nitrogens with one attached hydrogen (secondary N) is 1. The van der Waals surface area contributed by atoms with E-state index in [0.717, 1.165) is 35.1 Å². The number of nitrogens with zero attached hydrogens (tertiary/aromatic N) is 3. The summed E-state index contributed by atoms with van der Waals surface area (Å²) in [5.41, 5.74) is 2.43. The molecule has 1 aliphatic rings. The van der Waals surface area contributed by atoms with E-state index in [-0.39, 0.29) is 5.91 Å². The van der Waals surface area contributed by atoms with E-state index >= 15 is 0 Å². The van der Waals surface area contributed by atoms with E-state index < -0.39 is 0 Å². The average Bonchev–Trinajstić information content (AvgIpc) is 3.39. The molecule has 7 heteroatoms. The highest BCUT2D eigenvalue weighted by molar-refractivity contribution is 7.13. The first-order valence-electron chi connectivity index (χ1n) is 8.53. The van der Waals surface area contributed by atoms with Gasteiger partial charge in [-0.2, -0.15) is 5.10 Å². The molecule has 2 aromatic heterocycles. The maximum absolute atomic E-state index is 12.8. The van der Waals surface area contributed by atoms with Crippen LogP contribution < -0.4 is 9.64 Å². The van der Waals surface area contributed by atoms with Gasteiger partial charge >= 0.3 is 0 Å². The maximum Gasteiger partial charge on any atom is 0.274 e. The van der Waals surface area contributed by atoms with Crippen molar-refractivity contribution in [1.82, 2.24) is 15.1 Å². The highest BCUT2D eigenvalue weighted by Crippen LogP contribution is 2.28. The molecule has 3 heterocycles. The van der Waals surface area contributed by atoms with Gasteiger partial charge in [-0.3, -0.25) is 9.89 Å². The summed E-state index contributed by atoms with van der Waals surface area (Å²) in [6.45, 7) is 2.87. The molecule has 1 aromatic carbocycles. The van der Waals surface area contributed by atoms with E-state index in [4.69, 9.17) is 4.74 Å². The van der Waals surface area contributed by atoms with Gasteiger partial charge in [0.1, 0.15) is 5.75 Å². The molecule has 0 saturated carbocycles. The third kappa shape index (κ3) is 3.17. The second-order valence-electron chi connectivity index (χ2n) is 6.10. The standard InChI is InChI=1S/C19H20N4O2S/c1-25-17-6-3-2-5-16(17)22-8-10-23(11-9-22)19(24)15-13-14(20-21-15)18-7-4-12-26-18/h2-7,12-13H,8-11H2,1H3,(H,20,21). The lowest BCUT2D eigenvalue weighted by Crippen LogP contribution is -2.49. The van der Waals surface area contributed by atoms with E-state index in [9.17, 15) is 4.79 Å². The van der Waals surface area contributed by atoms with Crippen LogP contribution in [0.25, 0.3) is 10.6 Å². The van der Waals surface area contributed by atoms with E-state index in [2.05, 4.69) is 21.2 Å². The van der Waals surface area contributed by atoms with Crippen molar-refractivity contribution in [2.24, 2.45) is 0 Å². The number of H-pyrrole nitrogens is 1. The molecule has 1 fully saturated rings. The lowest BCUT2D eigenvalue weighted by Gasteiger charge is -2.36. The number of methoxy groups -OCH3 is 1. The van der Waals surface area contributed by atoms with E-state index in [1.165, 1.54) is 0 Å². The summed E-state index contributed by atoms with van der Waals surface area (Å²) < 4.78 is 5.44. The van der Waals surface area contributed by atoms with Crippen LogP contribution in [0.5, 0.6) is 5.75 Å². The second kappa shape index (κ2) is 7.21. The Hall–Kier alpha value is -2.80. The van der Waals surface area contributed by atoms with Gasteiger partial charge in [0.15, 0.2) is 5.69 Å². The predicted octanol–water partition coefficient (Wildman–Crippen LogP) is 3.11. The molecule has 0 aliphatic carbocycles. The third-order valence-electron chi connectivity index (χ3n) is 4.58. The van der Waals surface area contributed by atoms with Crippen LogP contribution >= 0.6 is 11.3 Å². The Bertz CT molecular complexity index is 883. The van der Waals surface area contributed by atoms with E-state index in [1.807, 2.05) is 46.7 Å². The van der Waals surface area contributed by atoms with Gasteiger partial charge in [0.2, 0.25) is 0 Å². The molecule has 4 rings (SSSR count). The lowest BCUT2D eigenvalue weighted by atomic mass is 10.2. The molecule has 134 valence electrons. The number of piperazine rings is 1. The number of carbonyl (C=O) groups excluding carboxylic acids is 1. The summed E-state index contributed by atoms with van der Waals surface area (Å²) in [4.78, 5) is 17.9. The Morgan fingerprint density at radius 2 is 1.96 bits per heavy atom. The SMILES string of the molecule is COc1ccccc1N1CCN(C(=O)c2cc(-c3cccs3)[nH]n2)CC1. The Morgan fingerprint density at radius 1 is 1.15 bits per heavy atom. The van der Waals surface area contributed by atoms with Crippen molar-refractivity contribution in [3.63, 3.8) is 0 Å². The average molecular weight is 368 g/mol. The zero-order valence-electron chi connectivity index (χ0n) is 14.5. The smallest absolute Gasteiger partial charge is 0.274 e.